The van der Waals surface area contributed by atoms with Crippen LogP contribution in [0.5, 0.6) is 0 Å². The maximum atomic E-state index is 13.9. The van der Waals surface area contributed by atoms with Crippen LogP contribution in [0.1, 0.15) is 34.8 Å². The van der Waals surface area contributed by atoms with E-state index in [0.29, 0.717) is 16.5 Å². The molecule has 3 rings (SSSR count). The van der Waals surface area contributed by atoms with Crippen molar-refractivity contribution in [3.8, 4) is 0 Å². The van der Waals surface area contributed by atoms with Gasteiger partial charge in [0.2, 0.25) is 0 Å². The highest BCUT2D eigenvalue weighted by atomic mass is 19.4. The molecule has 152 valence electrons. The number of carbonyl (C=O) groups excluding carboxylic acids is 1. The number of rotatable bonds is 5. The van der Waals surface area contributed by atoms with Gasteiger partial charge in [-0.2, -0.15) is 13.2 Å². The molecule has 2 aromatic carbocycles. The van der Waals surface area contributed by atoms with E-state index >= 15 is 0 Å². The smallest absolute Gasteiger partial charge is 0.346 e. The molecule has 1 aromatic heterocycles. The van der Waals surface area contributed by atoms with Gasteiger partial charge in [-0.25, -0.2) is 4.39 Å². The van der Waals surface area contributed by atoms with Crippen LogP contribution >= 0.6 is 0 Å². The second kappa shape index (κ2) is 7.81. The molecule has 0 saturated heterocycles. The average Bonchev–Trinajstić information content (AvgIpc) is 2.61. The van der Waals surface area contributed by atoms with E-state index in [9.17, 15) is 22.4 Å². The lowest BCUT2D eigenvalue weighted by atomic mass is 9.88. The van der Waals surface area contributed by atoms with Gasteiger partial charge in [0.15, 0.2) is 0 Å². The lowest BCUT2D eigenvalue weighted by Crippen LogP contribution is -2.50. The quantitative estimate of drug-likeness (QED) is 0.581. The Kier molecular flexibility index (Phi) is 5.59. The molecule has 0 saturated carbocycles. The molecule has 1 heterocycles. The van der Waals surface area contributed by atoms with Crippen molar-refractivity contribution in [2.45, 2.75) is 38.4 Å². The molecule has 1 N–H and O–H groups in total. The summed E-state index contributed by atoms with van der Waals surface area (Å²) in [6.45, 7) is 2.99. The largest absolute Gasteiger partial charge is 0.391 e. The molecule has 0 aliphatic rings. The number of hydrogen-bond donors (Lipinski definition) is 1. The minimum atomic E-state index is -4.46. The second-order valence-electron chi connectivity index (χ2n) is 7.40. The first-order chi connectivity index (χ1) is 13.6. The van der Waals surface area contributed by atoms with E-state index in [4.69, 9.17) is 0 Å². The van der Waals surface area contributed by atoms with Crippen molar-refractivity contribution in [2.24, 2.45) is 0 Å². The maximum Gasteiger partial charge on any atom is 0.391 e. The number of alkyl halides is 3. The van der Waals surface area contributed by atoms with Gasteiger partial charge < -0.3 is 5.32 Å². The molecule has 3 aromatic rings. The first-order valence-corrected chi connectivity index (χ1v) is 9.05. The molecule has 0 spiro atoms. The van der Waals surface area contributed by atoms with Crippen LogP contribution in [0.3, 0.4) is 0 Å². The van der Waals surface area contributed by atoms with Crippen LogP contribution in [0, 0.1) is 12.7 Å². The van der Waals surface area contributed by atoms with Gasteiger partial charge in [-0.05, 0) is 37.5 Å². The Balaban J connectivity index is 1.94. The third-order valence-electron chi connectivity index (χ3n) is 4.81. The van der Waals surface area contributed by atoms with Crippen molar-refractivity contribution in [2.75, 3.05) is 0 Å². The van der Waals surface area contributed by atoms with Crippen LogP contribution in [-0.4, -0.2) is 22.6 Å². The molecule has 0 radical (unpaired) electrons. The summed E-state index contributed by atoms with van der Waals surface area (Å²) in [6, 6.07) is 13.0. The molecule has 0 aliphatic heterocycles. The van der Waals surface area contributed by atoms with Crippen LogP contribution in [0.15, 0.2) is 54.7 Å². The summed E-state index contributed by atoms with van der Waals surface area (Å²) < 4.78 is 53.6. The molecule has 0 fully saturated rings. The summed E-state index contributed by atoms with van der Waals surface area (Å²) in [5, 5.41) is 2.98. The topological polar surface area (TPSA) is 42.0 Å². The Hall–Kier alpha value is -2.96. The fourth-order valence-corrected chi connectivity index (χ4v) is 3.53. The molecular weight excluding hydrogens is 384 g/mol. The summed E-state index contributed by atoms with van der Waals surface area (Å²) in [4.78, 5) is 16.9. The molecule has 0 unspecified atom stereocenters. The predicted octanol–water partition coefficient (Wildman–Crippen LogP) is 5.37. The number of amides is 1. The number of aromatic nitrogens is 1. The van der Waals surface area contributed by atoms with Gasteiger partial charge in [-0.3, -0.25) is 9.78 Å². The fraction of sp³-hybridized carbons (Fsp3) is 0.273. The Morgan fingerprint density at radius 2 is 1.76 bits per heavy atom. The summed E-state index contributed by atoms with van der Waals surface area (Å²) in [7, 11) is 0. The van der Waals surface area contributed by atoms with Gasteiger partial charge in [0.25, 0.3) is 5.91 Å². The van der Waals surface area contributed by atoms with Crippen LogP contribution in [0.25, 0.3) is 10.9 Å². The van der Waals surface area contributed by atoms with Crippen LogP contribution in [0.2, 0.25) is 0 Å². The SMILES string of the molecule is Cc1c(C(=O)N[C@@](C)(Cc2ccccc2)CC(F)(F)F)cnc2c(F)cccc12. The first kappa shape index (κ1) is 20.8. The number of aryl methyl sites for hydroxylation is 1. The van der Waals surface area contributed by atoms with Gasteiger partial charge in [0.05, 0.1) is 17.5 Å². The van der Waals surface area contributed by atoms with Gasteiger partial charge in [0.1, 0.15) is 11.3 Å². The Morgan fingerprint density at radius 3 is 2.41 bits per heavy atom. The Morgan fingerprint density at radius 1 is 1.07 bits per heavy atom. The van der Waals surface area contributed by atoms with E-state index < -0.39 is 29.9 Å². The molecular formula is C22H20F4N2O. The zero-order valence-electron chi connectivity index (χ0n) is 16.0. The predicted molar refractivity (Wildman–Crippen MR) is 103 cm³/mol. The standard InChI is InChI=1S/C22H20F4N2O/c1-14-16-9-6-10-18(23)19(16)27-12-17(14)20(29)28-21(2,13-22(24,25)26)11-15-7-4-3-5-8-15/h3-10,12H,11,13H2,1-2H3,(H,28,29)/t21-/m0/s1. The Labute approximate surface area is 165 Å². The minimum absolute atomic E-state index is 0.00771. The zero-order valence-corrected chi connectivity index (χ0v) is 16.0. The lowest BCUT2D eigenvalue weighted by Gasteiger charge is -2.32. The second-order valence-corrected chi connectivity index (χ2v) is 7.40. The van der Waals surface area contributed by atoms with E-state index in [1.165, 1.54) is 25.3 Å². The molecule has 0 aliphatic carbocycles. The minimum Gasteiger partial charge on any atom is -0.346 e. The van der Waals surface area contributed by atoms with Gasteiger partial charge in [-0.15, -0.1) is 0 Å². The number of para-hydroxylation sites is 1. The molecule has 7 heteroatoms. The Bertz CT molecular complexity index is 1030. The van der Waals surface area contributed by atoms with Gasteiger partial charge in [0, 0.05) is 11.6 Å². The van der Waals surface area contributed by atoms with E-state index in [1.807, 2.05) is 0 Å². The number of benzene rings is 2. The summed E-state index contributed by atoms with van der Waals surface area (Å²) in [5.41, 5.74) is -0.190. The van der Waals surface area contributed by atoms with Crippen LogP contribution in [-0.2, 0) is 6.42 Å². The zero-order chi connectivity index (χ0) is 21.2. The number of fused-ring (bicyclic) bond motifs is 1. The van der Waals surface area contributed by atoms with Gasteiger partial charge in [-0.1, -0.05) is 42.5 Å². The van der Waals surface area contributed by atoms with Crippen molar-refractivity contribution in [1.82, 2.24) is 10.3 Å². The van der Waals surface area contributed by atoms with Crippen LogP contribution < -0.4 is 5.32 Å². The van der Waals surface area contributed by atoms with Crippen molar-refractivity contribution >= 4 is 16.8 Å². The lowest BCUT2D eigenvalue weighted by molar-refractivity contribution is -0.147. The number of halogens is 4. The third-order valence-corrected chi connectivity index (χ3v) is 4.81. The number of hydrogen-bond acceptors (Lipinski definition) is 2. The fourth-order valence-electron chi connectivity index (χ4n) is 3.53. The van der Waals surface area contributed by atoms with E-state index in [1.54, 1.807) is 43.3 Å². The number of carbonyl (C=O) groups is 1. The summed E-state index contributed by atoms with van der Waals surface area (Å²) in [5.74, 6) is -1.20. The van der Waals surface area contributed by atoms with Crippen molar-refractivity contribution in [3.05, 3.63) is 77.2 Å². The van der Waals surface area contributed by atoms with Crippen LogP contribution in [0.4, 0.5) is 17.6 Å². The molecule has 0 bridgehead atoms. The average molecular weight is 404 g/mol. The molecule has 1 amide bonds. The van der Waals surface area contributed by atoms with Gasteiger partial charge >= 0.3 is 6.18 Å². The molecule has 1 atom stereocenters. The normalized spacial score (nSPS) is 13.9. The highest BCUT2D eigenvalue weighted by molar-refractivity contribution is 6.00. The van der Waals surface area contributed by atoms with E-state index in [2.05, 4.69) is 10.3 Å². The van der Waals surface area contributed by atoms with Crippen molar-refractivity contribution < 1.29 is 22.4 Å². The summed E-state index contributed by atoms with van der Waals surface area (Å²) >= 11 is 0. The third kappa shape index (κ3) is 4.91. The maximum absolute atomic E-state index is 13.9. The number of nitrogens with one attached hydrogen (secondary N) is 1. The number of nitrogens with zero attached hydrogens (tertiary/aromatic N) is 1. The van der Waals surface area contributed by atoms with E-state index in [-0.39, 0.29) is 17.5 Å². The molecule has 3 nitrogen and oxygen atoms in total. The number of pyridine rings is 1. The highest BCUT2D eigenvalue weighted by Gasteiger charge is 2.40. The monoisotopic (exact) mass is 404 g/mol. The van der Waals surface area contributed by atoms with E-state index in [0.717, 1.165) is 0 Å². The highest BCUT2D eigenvalue weighted by Crippen LogP contribution is 2.31. The van der Waals surface area contributed by atoms with Crippen molar-refractivity contribution in [1.29, 1.82) is 0 Å². The summed E-state index contributed by atoms with van der Waals surface area (Å²) in [6.07, 6.45) is -4.44. The first-order valence-electron chi connectivity index (χ1n) is 9.05. The van der Waals surface area contributed by atoms with Crippen molar-refractivity contribution in [3.63, 3.8) is 0 Å². The molecule has 29 heavy (non-hydrogen) atoms.